The van der Waals surface area contributed by atoms with Crippen LogP contribution in [-0.4, -0.2) is 24.3 Å². The number of halogens is 1. The lowest BCUT2D eigenvalue weighted by atomic mass is 10.0. The quantitative estimate of drug-likeness (QED) is 0.899. The monoisotopic (exact) mass is 331 g/mol. The third-order valence-electron chi connectivity index (χ3n) is 4.71. The van der Waals surface area contributed by atoms with Crippen LogP contribution in [0.3, 0.4) is 0 Å². The molecular weight excluding hydrogens is 305 g/mol. The molecule has 1 aliphatic rings. The van der Waals surface area contributed by atoms with Crippen molar-refractivity contribution in [2.24, 2.45) is 0 Å². The van der Waals surface area contributed by atoms with E-state index in [0.29, 0.717) is 12.0 Å². The van der Waals surface area contributed by atoms with Crippen LogP contribution in [-0.2, 0) is 6.54 Å². The molecule has 1 aromatic carbocycles. The fraction of sp³-hybridized carbons (Fsp3) is 0.526. The van der Waals surface area contributed by atoms with E-state index >= 15 is 0 Å². The Labute approximate surface area is 143 Å². The number of anilines is 1. The molecule has 0 aliphatic carbocycles. The molecule has 130 valence electrons. The largest absolute Gasteiger partial charge is 0.371 e. The Kier molecular flexibility index (Phi) is 5.19. The summed E-state index contributed by atoms with van der Waals surface area (Å²) in [6.07, 6.45) is 2.15. The van der Waals surface area contributed by atoms with Gasteiger partial charge in [-0.2, -0.15) is 0 Å². The predicted molar refractivity (Wildman–Crippen MR) is 93.8 cm³/mol. The smallest absolute Gasteiger partial charge is 0.139 e. The van der Waals surface area contributed by atoms with Gasteiger partial charge in [0.25, 0.3) is 0 Å². The van der Waals surface area contributed by atoms with Crippen LogP contribution in [0.4, 0.5) is 10.1 Å². The van der Waals surface area contributed by atoms with E-state index in [1.165, 1.54) is 0 Å². The molecule has 4 nitrogen and oxygen atoms in total. The Bertz CT molecular complexity index is 675. The number of hydrogen-bond donors (Lipinski definition) is 1. The predicted octanol–water partition coefficient (Wildman–Crippen LogP) is 4.00. The standard InChI is InChI=1S/C19H26FN3O/c1-13(2)19-11-17(22-24-19)12-21-16-6-8-23(9-7-16)18-5-4-15(20)10-14(18)3/h4-5,10-11,13,16,21H,6-9,12H2,1-3H3. The van der Waals surface area contributed by atoms with Gasteiger partial charge in [-0.25, -0.2) is 4.39 Å². The first-order chi connectivity index (χ1) is 11.5. The third-order valence-corrected chi connectivity index (χ3v) is 4.71. The van der Waals surface area contributed by atoms with Gasteiger partial charge >= 0.3 is 0 Å². The Morgan fingerprint density at radius 3 is 2.67 bits per heavy atom. The summed E-state index contributed by atoms with van der Waals surface area (Å²) in [5, 5.41) is 7.70. The number of piperidine rings is 1. The highest BCUT2D eigenvalue weighted by molar-refractivity contribution is 5.53. The molecule has 0 atom stereocenters. The molecule has 0 saturated carbocycles. The fourth-order valence-electron chi connectivity index (χ4n) is 3.23. The minimum absolute atomic E-state index is 0.166. The Morgan fingerprint density at radius 1 is 1.29 bits per heavy atom. The van der Waals surface area contributed by atoms with Crippen molar-refractivity contribution >= 4 is 5.69 Å². The average molecular weight is 331 g/mol. The van der Waals surface area contributed by atoms with Crippen LogP contribution < -0.4 is 10.2 Å². The van der Waals surface area contributed by atoms with E-state index in [2.05, 4.69) is 29.2 Å². The normalized spacial score (nSPS) is 16.1. The van der Waals surface area contributed by atoms with Gasteiger partial charge in [0.2, 0.25) is 0 Å². The van der Waals surface area contributed by atoms with Crippen LogP contribution in [0.15, 0.2) is 28.8 Å². The number of nitrogens with one attached hydrogen (secondary N) is 1. The van der Waals surface area contributed by atoms with Crippen molar-refractivity contribution in [2.45, 2.75) is 52.1 Å². The molecule has 0 bridgehead atoms. The van der Waals surface area contributed by atoms with E-state index < -0.39 is 0 Å². The van der Waals surface area contributed by atoms with Crippen LogP contribution in [0.2, 0.25) is 0 Å². The van der Waals surface area contributed by atoms with Gasteiger partial charge in [0.05, 0.1) is 5.69 Å². The molecule has 0 amide bonds. The van der Waals surface area contributed by atoms with Gasteiger partial charge in [-0.1, -0.05) is 19.0 Å². The maximum absolute atomic E-state index is 13.2. The summed E-state index contributed by atoms with van der Waals surface area (Å²) in [5.41, 5.74) is 3.12. The van der Waals surface area contributed by atoms with Crippen LogP contribution in [0.1, 0.15) is 49.6 Å². The Morgan fingerprint density at radius 2 is 2.04 bits per heavy atom. The molecule has 0 unspecified atom stereocenters. The summed E-state index contributed by atoms with van der Waals surface area (Å²) < 4.78 is 18.6. The Hall–Kier alpha value is -1.88. The molecule has 24 heavy (non-hydrogen) atoms. The highest BCUT2D eigenvalue weighted by atomic mass is 19.1. The van der Waals surface area contributed by atoms with Crippen molar-refractivity contribution < 1.29 is 8.91 Å². The molecular formula is C19H26FN3O. The zero-order valence-electron chi connectivity index (χ0n) is 14.7. The van der Waals surface area contributed by atoms with E-state index in [-0.39, 0.29) is 5.82 Å². The summed E-state index contributed by atoms with van der Waals surface area (Å²) in [5.74, 6) is 1.14. The molecule has 1 aromatic heterocycles. The van der Waals surface area contributed by atoms with Gasteiger partial charge in [0, 0.05) is 43.3 Å². The molecule has 2 heterocycles. The second-order valence-electron chi connectivity index (χ2n) is 6.95. The van der Waals surface area contributed by atoms with Gasteiger partial charge in [-0.15, -0.1) is 0 Å². The van der Waals surface area contributed by atoms with Crippen LogP contribution in [0.25, 0.3) is 0 Å². The van der Waals surface area contributed by atoms with E-state index in [9.17, 15) is 4.39 Å². The fourth-order valence-corrected chi connectivity index (χ4v) is 3.23. The average Bonchev–Trinajstić information content (AvgIpc) is 3.03. The zero-order chi connectivity index (χ0) is 17.1. The molecule has 3 rings (SSSR count). The van der Waals surface area contributed by atoms with E-state index in [0.717, 1.165) is 55.2 Å². The van der Waals surface area contributed by atoms with Crippen molar-refractivity contribution in [3.8, 4) is 0 Å². The summed E-state index contributed by atoms with van der Waals surface area (Å²) in [6.45, 7) is 8.90. The molecule has 0 radical (unpaired) electrons. The van der Waals surface area contributed by atoms with E-state index in [4.69, 9.17) is 4.52 Å². The molecule has 1 saturated heterocycles. The highest BCUT2D eigenvalue weighted by Crippen LogP contribution is 2.24. The Balaban J connectivity index is 1.49. The molecule has 1 N–H and O–H groups in total. The first kappa shape index (κ1) is 17.0. The summed E-state index contributed by atoms with van der Waals surface area (Å²) in [4.78, 5) is 2.35. The minimum atomic E-state index is -0.166. The number of hydrogen-bond acceptors (Lipinski definition) is 4. The molecule has 1 aliphatic heterocycles. The lowest BCUT2D eigenvalue weighted by Crippen LogP contribution is -2.42. The van der Waals surface area contributed by atoms with Crippen LogP contribution >= 0.6 is 0 Å². The number of nitrogens with zero attached hydrogens (tertiary/aromatic N) is 2. The second-order valence-corrected chi connectivity index (χ2v) is 6.95. The van der Waals surface area contributed by atoms with E-state index in [1.54, 1.807) is 12.1 Å². The molecule has 1 fully saturated rings. The summed E-state index contributed by atoms with van der Waals surface area (Å²) in [6, 6.07) is 7.57. The van der Waals surface area contributed by atoms with Crippen molar-refractivity contribution in [1.82, 2.24) is 10.5 Å². The van der Waals surface area contributed by atoms with Crippen molar-refractivity contribution in [3.63, 3.8) is 0 Å². The van der Waals surface area contributed by atoms with Gasteiger partial charge in [0.1, 0.15) is 11.6 Å². The van der Waals surface area contributed by atoms with Crippen molar-refractivity contribution in [3.05, 3.63) is 47.1 Å². The first-order valence-electron chi connectivity index (χ1n) is 8.73. The molecule has 0 spiro atoms. The minimum Gasteiger partial charge on any atom is -0.371 e. The highest BCUT2D eigenvalue weighted by Gasteiger charge is 2.20. The lowest BCUT2D eigenvalue weighted by molar-refractivity contribution is 0.357. The number of benzene rings is 1. The van der Waals surface area contributed by atoms with Crippen LogP contribution in [0, 0.1) is 12.7 Å². The van der Waals surface area contributed by atoms with Gasteiger partial charge in [-0.05, 0) is 43.5 Å². The van der Waals surface area contributed by atoms with Gasteiger partial charge in [0.15, 0.2) is 0 Å². The summed E-state index contributed by atoms with van der Waals surface area (Å²) >= 11 is 0. The van der Waals surface area contributed by atoms with Crippen molar-refractivity contribution in [1.29, 1.82) is 0 Å². The number of aryl methyl sites for hydroxylation is 1. The maximum Gasteiger partial charge on any atom is 0.139 e. The summed E-state index contributed by atoms with van der Waals surface area (Å²) in [7, 11) is 0. The van der Waals surface area contributed by atoms with Gasteiger partial charge < -0.3 is 14.7 Å². The molecule has 5 heteroatoms. The molecule has 2 aromatic rings. The topological polar surface area (TPSA) is 41.3 Å². The first-order valence-corrected chi connectivity index (χ1v) is 8.73. The number of aromatic nitrogens is 1. The van der Waals surface area contributed by atoms with Crippen LogP contribution in [0.5, 0.6) is 0 Å². The SMILES string of the molecule is Cc1cc(F)ccc1N1CCC(NCc2cc(C(C)C)on2)CC1. The van der Waals surface area contributed by atoms with E-state index in [1.807, 2.05) is 19.1 Å². The maximum atomic E-state index is 13.2. The second kappa shape index (κ2) is 7.34. The van der Waals surface area contributed by atoms with Crippen molar-refractivity contribution in [2.75, 3.05) is 18.0 Å². The number of rotatable bonds is 5. The third kappa shape index (κ3) is 3.96. The zero-order valence-corrected chi connectivity index (χ0v) is 14.7. The lowest BCUT2D eigenvalue weighted by Gasteiger charge is -2.34. The van der Waals surface area contributed by atoms with Gasteiger partial charge in [-0.3, -0.25) is 0 Å².